The highest BCUT2D eigenvalue weighted by atomic mass is 15.1. The summed E-state index contributed by atoms with van der Waals surface area (Å²) in [6.45, 7) is 18.7. The van der Waals surface area contributed by atoms with Crippen LogP contribution in [-0.4, -0.2) is 4.57 Å². The summed E-state index contributed by atoms with van der Waals surface area (Å²) in [6, 6.07) is 81.2. The molecule has 0 aliphatic heterocycles. The Morgan fingerprint density at radius 3 is 1.18 bits per heavy atom. The first kappa shape index (κ1) is 43.5. The number of nitrogens with zero attached hydrogens (tertiary/aromatic N) is 2. The fraction of sp³-hybridized carbons (Fsp3) is 0.169. The molecule has 0 radical (unpaired) electrons. The molecule has 0 spiro atoms. The van der Waals surface area contributed by atoms with E-state index in [4.69, 9.17) is 0 Å². The monoisotopic (exact) mass is 868 g/mol. The van der Waals surface area contributed by atoms with E-state index in [1.165, 1.54) is 83.1 Å². The number of benzene rings is 9. The third-order valence-electron chi connectivity index (χ3n) is 14.6. The standard InChI is InChI=1S/C65H60N2/c1-45-29-34-53(35-30-45)66(54-36-31-46(2)32-37-54)55-38-40-61-57(44-55)56-41-48(47-21-13-9-14-22-47)33-39-60(56)67(61)62-58(64(5,6)50-25-17-11-18-26-50)42-52(63(3,4)49-23-15-10-16-24-49)43-59(62)65(7,8)51-27-19-12-20-28-51/h9-44H,1-8H3. The fourth-order valence-corrected chi connectivity index (χ4v) is 10.3. The molecule has 0 unspecified atom stereocenters. The maximum atomic E-state index is 2.62. The van der Waals surface area contributed by atoms with Crippen LogP contribution in [0.2, 0.25) is 0 Å². The van der Waals surface area contributed by atoms with Crippen LogP contribution >= 0.6 is 0 Å². The van der Waals surface area contributed by atoms with E-state index in [1.54, 1.807) is 0 Å². The lowest BCUT2D eigenvalue weighted by molar-refractivity contribution is 0.591. The van der Waals surface area contributed by atoms with Crippen molar-refractivity contribution in [3.8, 4) is 16.8 Å². The Morgan fingerprint density at radius 2 is 0.716 bits per heavy atom. The van der Waals surface area contributed by atoms with Gasteiger partial charge in [-0.1, -0.05) is 216 Å². The SMILES string of the molecule is Cc1ccc(N(c2ccc(C)cc2)c2ccc3c(c2)c2cc(-c4ccccc4)ccc2n3-c2c(C(C)(C)c3ccccc3)cc(C(C)(C)c3ccccc3)cc2C(C)(C)c2ccccc2)cc1. The normalized spacial score (nSPS) is 12.2. The number of aryl methyl sites for hydroxylation is 2. The fourth-order valence-electron chi connectivity index (χ4n) is 10.3. The van der Waals surface area contributed by atoms with E-state index in [0.717, 1.165) is 17.1 Å². The number of hydrogen-bond donors (Lipinski definition) is 0. The summed E-state index contributed by atoms with van der Waals surface area (Å²) in [7, 11) is 0. The van der Waals surface area contributed by atoms with Crippen molar-refractivity contribution in [3.05, 3.63) is 263 Å². The summed E-state index contributed by atoms with van der Waals surface area (Å²) in [6.07, 6.45) is 0. The molecule has 10 aromatic rings. The quantitative estimate of drug-likeness (QED) is 0.126. The lowest BCUT2D eigenvalue weighted by atomic mass is 9.68. The molecule has 0 fully saturated rings. The zero-order valence-corrected chi connectivity index (χ0v) is 40.2. The molecular formula is C65H60N2. The lowest BCUT2D eigenvalue weighted by Gasteiger charge is -2.38. The van der Waals surface area contributed by atoms with Gasteiger partial charge in [0.2, 0.25) is 0 Å². The lowest BCUT2D eigenvalue weighted by Crippen LogP contribution is -2.30. The highest BCUT2D eigenvalue weighted by Gasteiger charge is 2.37. The van der Waals surface area contributed by atoms with Crippen molar-refractivity contribution in [2.45, 2.75) is 71.6 Å². The molecule has 0 aliphatic carbocycles. The van der Waals surface area contributed by atoms with Crippen molar-refractivity contribution in [3.63, 3.8) is 0 Å². The second-order valence-electron chi connectivity index (χ2n) is 20.0. The third-order valence-corrected chi connectivity index (χ3v) is 14.6. The van der Waals surface area contributed by atoms with Gasteiger partial charge in [0.1, 0.15) is 0 Å². The number of aromatic nitrogens is 1. The highest BCUT2D eigenvalue weighted by Crippen LogP contribution is 2.49. The molecule has 1 aromatic heterocycles. The zero-order chi connectivity index (χ0) is 46.5. The Morgan fingerprint density at radius 1 is 0.328 bits per heavy atom. The molecule has 0 N–H and O–H groups in total. The Kier molecular flexibility index (Phi) is 11.1. The first-order valence-corrected chi connectivity index (χ1v) is 23.8. The molecule has 10 rings (SSSR count). The average molecular weight is 869 g/mol. The smallest absolute Gasteiger partial charge is 0.0544 e. The van der Waals surface area contributed by atoms with Crippen molar-refractivity contribution in [2.75, 3.05) is 4.90 Å². The summed E-state index contributed by atoms with van der Waals surface area (Å²) >= 11 is 0. The van der Waals surface area contributed by atoms with Gasteiger partial charge in [0.05, 0.1) is 16.7 Å². The van der Waals surface area contributed by atoms with Crippen LogP contribution < -0.4 is 4.90 Å². The van der Waals surface area contributed by atoms with E-state index >= 15 is 0 Å². The van der Waals surface area contributed by atoms with E-state index in [2.05, 4.69) is 283 Å². The van der Waals surface area contributed by atoms with Gasteiger partial charge in [-0.25, -0.2) is 0 Å². The van der Waals surface area contributed by atoms with Crippen LogP contribution in [0.4, 0.5) is 17.1 Å². The van der Waals surface area contributed by atoms with E-state index in [-0.39, 0.29) is 5.41 Å². The van der Waals surface area contributed by atoms with E-state index in [0.29, 0.717) is 0 Å². The Labute approximate surface area is 397 Å². The van der Waals surface area contributed by atoms with Crippen LogP contribution in [0.3, 0.4) is 0 Å². The van der Waals surface area contributed by atoms with Crippen LogP contribution in [0.15, 0.2) is 218 Å². The molecule has 2 heteroatoms. The molecule has 2 nitrogen and oxygen atoms in total. The van der Waals surface area contributed by atoms with Crippen molar-refractivity contribution in [2.24, 2.45) is 0 Å². The van der Waals surface area contributed by atoms with E-state index in [9.17, 15) is 0 Å². The van der Waals surface area contributed by atoms with Gasteiger partial charge in [-0.3, -0.25) is 0 Å². The van der Waals surface area contributed by atoms with Gasteiger partial charge < -0.3 is 9.47 Å². The van der Waals surface area contributed by atoms with Crippen molar-refractivity contribution in [1.29, 1.82) is 0 Å². The van der Waals surface area contributed by atoms with Crippen LogP contribution in [-0.2, 0) is 16.2 Å². The van der Waals surface area contributed by atoms with Crippen LogP contribution in [0.25, 0.3) is 38.6 Å². The maximum Gasteiger partial charge on any atom is 0.0544 e. The van der Waals surface area contributed by atoms with E-state index < -0.39 is 10.8 Å². The summed E-state index contributed by atoms with van der Waals surface area (Å²) in [4.78, 5) is 2.40. The summed E-state index contributed by atoms with van der Waals surface area (Å²) < 4.78 is 2.62. The first-order chi connectivity index (χ1) is 32.3. The number of anilines is 3. The molecule has 330 valence electrons. The Balaban J connectivity index is 1.35. The zero-order valence-electron chi connectivity index (χ0n) is 40.2. The predicted molar refractivity (Wildman–Crippen MR) is 286 cm³/mol. The van der Waals surface area contributed by atoms with Crippen molar-refractivity contribution < 1.29 is 0 Å². The minimum atomic E-state index is -0.401. The molecule has 0 saturated carbocycles. The highest BCUT2D eigenvalue weighted by molar-refractivity contribution is 6.12. The minimum absolute atomic E-state index is 0.293. The second kappa shape index (κ2) is 17.1. The maximum absolute atomic E-state index is 2.62. The van der Waals surface area contributed by atoms with Crippen LogP contribution in [0, 0.1) is 13.8 Å². The number of rotatable bonds is 11. The van der Waals surface area contributed by atoms with Crippen LogP contribution in [0.1, 0.15) is 86.1 Å². The van der Waals surface area contributed by atoms with Crippen molar-refractivity contribution >= 4 is 38.9 Å². The molecule has 9 aromatic carbocycles. The minimum Gasteiger partial charge on any atom is -0.310 e. The van der Waals surface area contributed by atoms with Gasteiger partial charge in [-0.15, -0.1) is 0 Å². The topological polar surface area (TPSA) is 8.17 Å². The molecule has 0 bridgehead atoms. The Bertz CT molecular complexity index is 3220. The summed E-state index contributed by atoms with van der Waals surface area (Å²) in [5.74, 6) is 0. The molecule has 0 aliphatic rings. The molecule has 0 amide bonds. The first-order valence-electron chi connectivity index (χ1n) is 23.8. The van der Waals surface area contributed by atoms with Gasteiger partial charge in [-0.05, 0) is 113 Å². The second-order valence-corrected chi connectivity index (χ2v) is 20.0. The average Bonchev–Trinajstić information content (AvgIpc) is 3.68. The number of fused-ring (bicyclic) bond motifs is 3. The molecule has 0 atom stereocenters. The number of hydrogen-bond acceptors (Lipinski definition) is 1. The predicted octanol–water partition coefficient (Wildman–Crippen LogP) is 17.5. The summed E-state index contributed by atoms with van der Waals surface area (Å²) in [5.41, 5.74) is 18.4. The molecule has 67 heavy (non-hydrogen) atoms. The van der Waals surface area contributed by atoms with E-state index in [1.807, 2.05) is 0 Å². The Hall–Kier alpha value is -7.42. The molecular weight excluding hydrogens is 809 g/mol. The van der Waals surface area contributed by atoms with Crippen molar-refractivity contribution in [1.82, 2.24) is 4.57 Å². The molecule has 1 heterocycles. The van der Waals surface area contributed by atoms with Gasteiger partial charge >= 0.3 is 0 Å². The molecule has 0 saturated heterocycles. The van der Waals surface area contributed by atoms with Gasteiger partial charge in [-0.2, -0.15) is 0 Å². The third kappa shape index (κ3) is 7.85. The van der Waals surface area contributed by atoms with Crippen LogP contribution in [0.5, 0.6) is 0 Å². The summed E-state index contributed by atoms with van der Waals surface area (Å²) in [5, 5.41) is 2.42. The largest absolute Gasteiger partial charge is 0.310 e. The van der Waals surface area contributed by atoms with Gasteiger partial charge in [0, 0.05) is 44.1 Å². The van der Waals surface area contributed by atoms with Gasteiger partial charge in [0.15, 0.2) is 0 Å². The van der Waals surface area contributed by atoms with Gasteiger partial charge in [0.25, 0.3) is 0 Å².